The Kier molecular flexibility index (Phi) is 5.16. The Bertz CT molecular complexity index is 321. The number of benzene rings is 1. The van der Waals surface area contributed by atoms with Crippen molar-refractivity contribution in [2.75, 3.05) is 14.1 Å². The summed E-state index contributed by atoms with van der Waals surface area (Å²) in [7, 11) is 4.20. The van der Waals surface area contributed by atoms with Crippen molar-refractivity contribution in [1.29, 1.82) is 0 Å². The topological polar surface area (TPSA) is 29.3 Å². The van der Waals surface area contributed by atoms with Crippen LogP contribution in [0.3, 0.4) is 0 Å². The van der Waals surface area contributed by atoms with E-state index in [1.54, 1.807) is 0 Å². The second kappa shape index (κ2) is 6.18. The second-order valence-corrected chi connectivity index (χ2v) is 5.15. The monoisotopic (exact) mass is 234 g/mol. The first kappa shape index (κ1) is 14.2. The van der Waals surface area contributed by atoms with Crippen LogP contribution in [0.4, 0.5) is 0 Å². The van der Waals surface area contributed by atoms with E-state index in [9.17, 15) is 0 Å². The highest BCUT2D eigenvalue weighted by Gasteiger charge is 2.34. The number of likely N-dealkylation sites (N-methyl/N-ethyl adjacent to an activating group) is 1. The van der Waals surface area contributed by atoms with Gasteiger partial charge in [-0.3, -0.25) is 0 Å². The van der Waals surface area contributed by atoms with E-state index in [-0.39, 0.29) is 5.54 Å². The third kappa shape index (κ3) is 3.30. The highest BCUT2D eigenvalue weighted by Crippen LogP contribution is 2.30. The molecule has 1 aromatic rings. The molecule has 2 atom stereocenters. The predicted molar refractivity (Wildman–Crippen MR) is 75.0 cm³/mol. The van der Waals surface area contributed by atoms with Crippen LogP contribution in [-0.4, -0.2) is 25.0 Å². The lowest BCUT2D eigenvalue weighted by Gasteiger charge is -2.40. The lowest BCUT2D eigenvalue weighted by molar-refractivity contribution is 0.179. The highest BCUT2D eigenvalue weighted by molar-refractivity contribution is 5.26. The van der Waals surface area contributed by atoms with Gasteiger partial charge in [0.2, 0.25) is 0 Å². The lowest BCUT2D eigenvalue weighted by atomic mass is 9.80. The molecule has 17 heavy (non-hydrogen) atoms. The van der Waals surface area contributed by atoms with Gasteiger partial charge in [-0.05, 0) is 33.0 Å². The molecular formula is C15H26N2. The molecule has 0 fully saturated rings. The Morgan fingerprint density at radius 3 is 2.29 bits per heavy atom. The van der Waals surface area contributed by atoms with E-state index in [0.717, 1.165) is 6.42 Å². The molecule has 0 aliphatic carbocycles. The summed E-state index contributed by atoms with van der Waals surface area (Å²) in [5.41, 5.74) is 7.70. The van der Waals surface area contributed by atoms with Gasteiger partial charge < -0.3 is 10.6 Å². The molecule has 0 spiro atoms. The summed E-state index contributed by atoms with van der Waals surface area (Å²) in [6.07, 6.45) is 3.39. The first-order valence-corrected chi connectivity index (χ1v) is 6.53. The molecule has 2 nitrogen and oxygen atoms in total. The fourth-order valence-electron chi connectivity index (χ4n) is 2.27. The highest BCUT2D eigenvalue weighted by atomic mass is 15.1. The number of unbranched alkanes of at least 4 members (excludes halogenated alkanes) is 1. The summed E-state index contributed by atoms with van der Waals surface area (Å²) in [5, 5.41) is 0. The van der Waals surface area contributed by atoms with Crippen LogP contribution < -0.4 is 5.73 Å². The summed E-state index contributed by atoms with van der Waals surface area (Å²) in [6.45, 7) is 4.43. The quantitative estimate of drug-likeness (QED) is 0.820. The van der Waals surface area contributed by atoms with Crippen LogP contribution in [-0.2, 0) is 5.54 Å². The Labute approximate surface area is 106 Å². The van der Waals surface area contributed by atoms with Crippen molar-refractivity contribution < 1.29 is 0 Å². The van der Waals surface area contributed by atoms with Crippen molar-refractivity contribution in [2.24, 2.45) is 5.73 Å². The van der Waals surface area contributed by atoms with E-state index in [0.29, 0.717) is 6.04 Å². The largest absolute Gasteiger partial charge is 0.320 e. The summed E-state index contributed by atoms with van der Waals surface area (Å²) in [6, 6.07) is 10.8. The van der Waals surface area contributed by atoms with Gasteiger partial charge in [-0.25, -0.2) is 0 Å². The molecule has 0 amide bonds. The molecule has 0 radical (unpaired) electrons. The van der Waals surface area contributed by atoms with Gasteiger partial charge in [-0.15, -0.1) is 0 Å². The molecule has 0 aliphatic rings. The second-order valence-electron chi connectivity index (χ2n) is 5.15. The van der Waals surface area contributed by atoms with E-state index < -0.39 is 0 Å². The number of nitrogens with zero attached hydrogens (tertiary/aromatic N) is 1. The number of rotatable bonds is 6. The van der Waals surface area contributed by atoms with E-state index in [1.807, 2.05) is 6.07 Å². The van der Waals surface area contributed by atoms with Crippen LogP contribution in [0.5, 0.6) is 0 Å². The molecule has 1 aromatic carbocycles. The summed E-state index contributed by atoms with van der Waals surface area (Å²) < 4.78 is 0. The zero-order valence-electron chi connectivity index (χ0n) is 11.6. The lowest BCUT2D eigenvalue weighted by Crippen LogP contribution is -2.52. The molecule has 0 heterocycles. The van der Waals surface area contributed by atoms with Gasteiger partial charge in [-0.2, -0.15) is 0 Å². The maximum absolute atomic E-state index is 6.71. The van der Waals surface area contributed by atoms with E-state index in [1.165, 1.54) is 18.4 Å². The first-order chi connectivity index (χ1) is 8.02. The maximum atomic E-state index is 6.71. The van der Waals surface area contributed by atoms with Crippen molar-refractivity contribution in [2.45, 2.75) is 44.7 Å². The summed E-state index contributed by atoms with van der Waals surface area (Å²) in [4.78, 5) is 2.21. The zero-order chi connectivity index (χ0) is 12.9. The third-order valence-electron chi connectivity index (χ3n) is 3.78. The molecule has 0 bridgehead atoms. The average molecular weight is 234 g/mol. The van der Waals surface area contributed by atoms with Crippen molar-refractivity contribution in [3.8, 4) is 0 Å². The number of nitrogens with two attached hydrogens (primary N) is 1. The fourth-order valence-corrected chi connectivity index (χ4v) is 2.27. The van der Waals surface area contributed by atoms with Gasteiger partial charge in [-0.1, -0.05) is 50.1 Å². The van der Waals surface area contributed by atoms with Crippen molar-refractivity contribution in [3.63, 3.8) is 0 Å². The van der Waals surface area contributed by atoms with Crippen molar-refractivity contribution >= 4 is 0 Å². The molecule has 0 aliphatic heterocycles. The Balaban J connectivity index is 3.01. The standard InChI is InChI=1S/C15H26N2/c1-5-6-12-15(16,13(2)17(3)4)14-10-8-7-9-11-14/h7-11,13H,5-6,12,16H2,1-4H3. The Morgan fingerprint density at radius 1 is 1.24 bits per heavy atom. The van der Waals surface area contributed by atoms with E-state index in [4.69, 9.17) is 5.73 Å². The zero-order valence-corrected chi connectivity index (χ0v) is 11.6. The minimum absolute atomic E-state index is 0.249. The molecule has 0 saturated carbocycles. The number of hydrogen-bond donors (Lipinski definition) is 1. The van der Waals surface area contributed by atoms with Crippen LogP contribution in [0.15, 0.2) is 30.3 Å². The molecule has 0 aromatic heterocycles. The van der Waals surface area contributed by atoms with Crippen LogP contribution >= 0.6 is 0 Å². The molecule has 2 unspecified atom stereocenters. The third-order valence-corrected chi connectivity index (χ3v) is 3.78. The van der Waals surface area contributed by atoms with Crippen molar-refractivity contribution in [3.05, 3.63) is 35.9 Å². The minimum Gasteiger partial charge on any atom is -0.320 e. The van der Waals surface area contributed by atoms with Crippen LogP contribution in [0.25, 0.3) is 0 Å². The minimum atomic E-state index is -0.249. The van der Waals surface area contributed by atoms with Gasteiger partial charge in [0, 0.05) is 6.04 Å². The van der Waals surface area contributed by atoms with Gasteiger partial charge >= 0.3 is 0 Å². The molecule has 1 rings (SSSR count). The first-order valence-electron chi connectivity index (χ1n) is 6.53. The van der Waals surface area contributed by atoms with Gasteiger partial charge in [0.15, 0.2) is 0 Å². The number of hydrogen-bond acceptors (Lipinski definition) is 2. The van der Waals surface area contributed by atoms with Crippen LogP contribution in [0.1, 0.15) is 38.7 Å². The normalized spacial score (nSPS) is 16.8. The molecule has 96 valence electrons. The molecule has 2 heteroatoms. The van der Waals surface area contributed by atoms with E-state index >= 15 is 0 Å². The summed E-state index contributed by atoms with van der Waals surface area (Å²) in [5.74, 6) is 0. The average Bonchev–Trinajstić information content (AvgIpc) is 2.36. The maximum Gasteiger partial charge on any atom is 0.0564 e. The molecular weight excluding hydrogens is 208 g/mol. The van der Waals surface area contributed by atoms with Gasteiger partial charge in [0.25, 0.3) is 0 Å². The van der Waals surface area contributed by atoms with E-state index in [2.05, 4.69) is 57.1 Å². The van der Waals surface area contributed by atoms with Crippen LogP contribution in [0.2, 0.25) is 0 Å². The SMILES string of the molecule is CCCCC(N)(c1ccccc1)C(C)N(C)C. The van der Waals surface area contributed by atoms with Crippen LogP contribution in [0, 0.1) is 0 Å². The molecule has 0 saturated heterocycles. The Morgan fingerprint density at radius 2 is 1.82 bits per heavy atom. The van der Waals surface area contributed by atoms with Gasteiger partial charge in [0.05, 0.1) is 5.54 Å². The molecule has 2 N–H and O–H groups in total. The Hall–Kier alpha value is -0.860. The smallest absolute Gasteiger partial charge is 0.0564 e. The predicted octanol–water partition coefficient (Wildman–Crippen LogP) is 2.98. The van der Waals surface area contributed by atoms with Crippen molar-refractivity contribution in [1.82, 2.24) is 4.90 Å². The van der Waals surface area contributed by atoms with Gasteiger partial charge in [0.1, 0.15) is 0 Å². The fraction of sp³-hybridized carbons (Fsp3) is 0.600. The summed E-state index contributed by atoms with van der Waals surface area (Å²) >= 11 is 0.